The summed E-state index contributed by atoms with van der Waals surface area (Å²) in [5.41, 5.74) is -0.00826. The molecule has 0 amide bonds. The fraction of sp³-hybridized carbons (Fsp3) is 0.222. The van der Waals surface area contributed by atoms with Crippen LogP contribution in [-0.2, 0) is 18.2 Å². The largest absolute Gasteiger partial charge is 0.489 e. The van der Waals surface area contributed by atoms with E-state index in [2.05, 4.69) is 0 Å². The van der Waals surface area contributed by atoms with E-state index in [9.17, 15) is 28.1 Å². The smallest absolute Gasteiger partial charge is 0.453 e. The highest BCUT2D eigenvalue weighted by atomic mass is 19.4. The highest BCUT2D eigenvalue weighted by Crippen LogP contribution is 2.39. The third kappa shape index (κ3) is 5.74. The molecule has 0 unspecified atom stereocenters. The lowest BCUT2D eigenvalue weighted by molar-refractivity contribution is -0.384. The van der Waals surface area contributed by atoms with Gasteiger partial charge in [-0.1, -0.05) is 32.9 Å². The van der Waals surface area contributed by atoms with Gasteiger partial charge in [0.25, 0.3) is 11.4 Å². The van der Waals surface area contributed by atoms with Crippen molar-refractivity contribution in [1.29, 1.82) is 0 Å². The fourth-order valence-electron chi connectivity index (χ4n) is 3.55. The van der Waals surface area contributed by atoms with Crippen LogP contribution in [0.2, 0.25) is 0 Å². The maximum Gasteiger partial charge on any atom is 0.453 e. The van der Waals surface area contributed by atoms with Gasteiger partial charge in [-0.15, -0.1) is 0 Å². The molecule has 10 heteroatoms. The van der Waals surface area contributed by atoms with Crippen molar-refractivity contribution in [2.24, 2.45) is 0 Å². The van der Waals surface area contributed by atoms with Crippen molar-refractivity contribution in [3.8, 4) is 17.2 Å². The molecule has 37 heavy (non-hydrogen) atoms. The number of nitro groups is 1. The van der Waals surface area contributed by atoms with Gasteiger partial charge in [0.05, 0.1) is 10.3 Å². The number of benzene rings is 3. The minimum Gasteiger partial charge on any atom is -0.489 e. The van der Waals surface area contributed by atoms with Crippen LogP contribution in [0.1, 0.15) is 37.7 Å². The molecule has 0 aliphatic carbocycles. The fourth-order valence-corrected chi connectivity index (χ4v) is 3.55. The van der Waals surface area contributed by atoms with Crippen molar-refractivity contribution in [2.75, 3.05) is 0 Å². The number of nitrogens with zero attached hydrogens (tertiary/aromatic N) is 1. The van der Waals surface area contributed by atoms with Crippen LogP contribution in [-0.4, -0.2) is 4.92 Å². The third-order valence-electron chi connectivity index (χ3n) is 5.57. The summed E-state index contributed by atoms with van der Waals surface area (Å²) in [6.07, 6.45) is -5.00. The number of halogens is 3. The predicted octanol–water partition coefficient (Wildman–Crippen LogP) is 7.39. The van der Waals surface area contributed by atoms with Gasteiger partial charge in [0, 0.05) is 18.2 Å². The van der Waals surface area contributed by atoms with Gasteiger partial charge in [-0.25, -0.2) is 0 Å². The van der Waals surface area contributed by atoms with Crippen molar-refractivity contribution in [2.45, 2.75) is 39.0 Å². The molecule has 1 heterocycles. The first-order chi connectivity index (χ1) is 17.3. The zero-order valence-corrected chi connectivity index (χ0v) is 20.1. The average molecular weight is 513 g/mol. The lowest BCUT2D eigenvalue weighted by Gasteiger charge is -2.19. The molecule has 0 fully saturated rings. The number of alkyl halides is 3. The standard InChI is InChI=1S/C27H22F3NO6/c1-26(2,3)17-6-10-19(11-7-17)36-24-23(32)21-13-12-20(14-22(21)37-25(24)27(28,29)30)35-15-16-4-8-18(9-5-16)31(33)34/h4-14H,15H2,1-3H3. The van der Waals surface area contributed by atoms with E-state index in [-0.39, 0.29) is 40.2 Å². The SMILES string of the molecule is CC(C)(C)c1ccc(Oc2c(C(F)(F)F)oc3cc(OCc4ccc([N+](=O)[O-])cc4)ccc3c2=O)cc1. The van der Waals surface area contributed by atoms with Gasteiger partial charge < -0.3 is 13.9 Å². The van der Waals surface area contributed by atoms with Gasteiger partial charge in [-0.05, 0) is 52.9 Å². The number of hydrogen-bond donors (Lipinski definition) is 0. The third-order valence-corrected chi connectivity index (χ3v) is 5.57. The second kappa shape index (κ2) is 9.61. The van der Waals surface area contributed by atoms with Crippen molar-refractivity contribution in [3.05, 3.63) is 104 Å². The minimum atomic E-state index is -5.00. The van der Waals surface area contributed by atoms with E-state index in [0.29, 0.717) is 5.56 Å². The molecule has 3 aromatic carbocycles. The lowest BCUT2D eigenvalue weighted by atomic mass is 9.87. The van der Waals surface area contributed by atoms with Gasteiger partial charge in [-0.3, -0.25) is 14.9 Å². The van der Waals surface area contributed by atoms with Gasteiger partial charge in [0.2, 0.25) is 11.2 Å². The van der Waals surface area contributed by atoms with E-state index in [1.54, 1.807) is 12.1 Å². The molecular weight excluding hydrogens is 491 g/mol. The first-order valence-electron chi connectivity index (χ1n) is 11.2. The van der Waals surface area contributed by atoms with Gasteiger partial charge in [-0.2, -0.15) is 13.2 Å². The van der Waals surface area contributed by atoms with Crippen molar-refractivity contribution in [3.63, 3.8) is 0 Å². The summed E-state index contributed by atoms with van der Waals surface area (Å²) in [5.74, 6) is -2.30. The van der Waals surface area contributed by atoms with Crippen molar-refractivity contribution >= 4 is 16.7 Å². The first-order valence-corrected chi connectivity index (χ1v) is 11.2. The summed E-state index contributed by atoms with van der Waals surface area (Å²) in [6, 6.07) is 16.0. The Labute approximate surface area is 209 Å². The highest BCUT2D eigenvalue weighted by molar-refractivity contribution is 5.79. The molecule has 7 nitrogen and oxygen atoms in total. The molecule has 0 aliphatic rings. The van der Waals surface area contributed by atoms with E-state index in [4.69, 9.17) is 13.9 Å². The molecule has 4 aromatic rings. The second-order valence-electron chi connectivity index (χ2n) is 9.33. The van der Waals surface area contributed by atoms with Crippen LogP contribution in [0.25, 0.3) is 11.0 Å². The zero-order valence-electron chi connectivity index (χ0n) is 20.1. The van der Waals surface area contributed by atoms with Gasteiger partial charge in [0.1, 0.15) is 23.7 Å². The van der Waals surface area contributed by atoms with Crippen molar-refractivity contribution in [1.82, 2.24) is 0 Å². The number of fused-ring (bicyclic) bond motifs is 1. The average Bonchev–Trinajstić information content (AvgIpc) is 2.83. The predicted molar refractivity (Wildman–Crippen MR) is 130 cm³/mol. The van der Waals surface area contributed by atoms with Crippen LogP contribution in [0.3, 0.4) is 0 Å². The number of hydrogen-bond acceptors (Lipinski definition) is 6. The number of nitro benzene ring substituents is 1. The van der Waals surface area contributed by atoms with Crippen LogP contribution in [0, 0.1) is 10.1 Å². The van der Waals surface area contributed by atoms with E-state index in [1.807, 2.05) is 20.8 Å². The summed E-state index contributed by atoms with van der Waals surface area (Å²) < 4.78 is 57.6. The molecule has 0 N–H and O–H groups in total. The van der Waals surface area contributed by atoms with Crippen LogP contribution < -0.4 is 14.9 Å². The van der Waals surface area contributed by atoms with Crippen LogP contribution in [0.15, 0.2) is 75.9 Å². The van der Waals surface area contributed by atoms with Gasteiger partial charge in [0.15, 0.2) is 0 Å². The van der Waals surface area contributed by atoms with Crippen LogP contribution in [0.4, 0.5) is 18.9 Å². The maximum absolute atomic E-state index is 13.8. The Morgan fingerprint density at radius 3 is 2.11 bits per heavy atom. The molecule has 4 rings (SSSR count). The Bertz CT molecular complexity index is 1500. The molecular formula is C27H22F3NO6. The monoisotopic (exact) mass is 513 g/mol. The molecule has 0 atom stereocenters. The number of rotatable bonds is 6. The topological polar surface area (TPSA) is 91.8 Å². The van der Waals surface area contributed by atoms with Crippen molar-refractivity contribution < 1.29 is 32.0 Å². The quantitative estimate of drug-likeness (QED) is 0.197. The molecule has 0 spiro atoms. The van der Waals surface area contributed by atoms with Gasteiger partial charge >= 0.3 is 6.18 Å². The lowest BCUT2D eigenvalue weighted by Crippen LogP contribution is -2.15. The summed E-state index contributed by atoms with van der Waals surface area (Å²) in [6.45, 7) is 5.97. The molecule has 0 saturated carbocycles. The van der Waals surface area contributed by atoms with Crippen LogP contribution in [0.5, 0.6) is 17.2 Å². The van der Waals surface area contributed by atoms with E-state index < -0.39 is 28.0 Å². The van der Waals surface area contributed by atoms with E-state index >= 15 is 0 Å². The second-order valence-corrected chi connectivity index (χ2v) is 9.33. The maximum atomic E-state index is 13.8. The van der Waals surface area contributed by atoms with Crippen LogP contribution >= 0.6 is 0 Å². The number of ether oxygens (including phenoxy) is 2. The Balaban J connectivity index is 1.65. The Hall–Kier alpha value is -4.34. The molecule has 0 aliphatic heterocycles. The molecule has 1 aromatic heterocycles. The summed E-state index contributed by atoms with van der Waals surface area (Å²) in [4.78, 5) is 23.3. The highest BCUT2D eigenvalue weighted by Gasteiger charge is 2.40. The summed E-state index contributed by atoms with van der Waals surface area (Å²) >= 11 is 0. The summed E-state index contributed by atoms with van der Waals surface area (Å²) in [5, 5.41) is 10.7. The normalized spacial score (nSPS) is 11.9. The Morgan fingerprint density at radius 1 is 0.919 bits per heavy atom. The molecule has 0 radical (unpaired) electrons. The van der Waals surface area contributed by atoms with E-state index in [1.165, 1.54) is 54.6 Å². The zero-order chi connectivity index (χ0) is 27.0. The van der Waals surface area contributed by atoms with E-state index in [0.717, 1.165) is 5.56 Å². The Kier molecular flexibility index (Phi) is 6.68. The molecule has 0 saturated heterocycles. The Morgan fingerprint density at radius 2 is 1.54 bits per heavy atom. The summed E-state index contributed by atoms with van der Waals surface area (Å²) in [7, 11) is 0. The molecule has 192 valence electrons. The minimum absolute atomic E-state index is 0.00832. The molecule has 0 bridgehead atoms. The first kappa shape index (κ1) is 25.7. The number of non-ortho nitro benzene ring substituents is 1.